The minimum Gasteiger partial charge on any atom is -0.388 e. The van der Waals surface area contributed by atoms with Gasteiger partial charge in [0, 0.05) is 18.0 Å². The highest BCUT2D eigenvalue weighted by molar-refractivity contribution is 8.44. The number of aliphatic hydroxyl groups excluding tert-OH is 1. The van der Waals surface area contributed by atoms with Gasteiger partial charge in [0.05, 0.1) is 37.1 Å². The van der Waals surface area contributed by atoms with Gasteiger partial charge in [-0.25, -0.2) is 24.1 Å². The van der Waals surface area contributed by atoms with Crippen molar-refractivity contribution in [1.29, 1.82) is 0 Å². The van der Waals surface area contributed by atoms with Crippen LogP contribution >= 0.6 is 38.1 Å². The lowest BCUT2D eigenvalue weighted by Gasteiger charge is -2.27. The van der Waals surface area contributed by atoms with Crippen molar-refractivity contribution in [1.82, 2.24) is 34.1 Å². The quantitative estimate of drug-likeness (QED) is 0.129. The number of imidazole rings is 1. The van der Waals surface area contributed by atoms with Crippen LogP contribution in [0.15, 0.2) is 29.7 Å². The van der Waals surface area contributed by atoms with Crippen LogP contribution in [0.2, 0.25) is 0 Å². The number of nitrogens with zero attached hydrogens (tertiary/aromatic N) is 6. The summed E-state index contributed by atoms with van der Waals surface area (Å²) in [5.74, 6) is -1.08. The lowest BCUT2D eigenvalue weighted by atomic mass is 10.0. The van der Waals surface area contributed by atoms with Gasteiger partial charge in [0.2, 0.25) is 5.95 Å². The van der Waals surface area contributed by atoms with Crippen LogP contribution in [-0.4, -0.2) is 76.8 Å². The predicted molar refractivity (Wildman–Crippen MR) is 166 cm³/mol. The van der Waals surface area contributed by atoms with Crippen molar-refractivity contribution in [3.8, 4) is 0 Å². The molecular weight excluding hydrogens is 672 g/mol. The number of nitrogen functional groups attached to an aromatic ring is 2. The molecule has 6 N–H and O–H groups in total. The van der Waals surface area contributed by atoms with E-state index in [0.717, 1.165) is 0 Å². The summed E-state index contributed by atoms with van der Waals surface area (Å²) in [7, 11) is 0. The van der Waals surface area contributed by atoms with Crippen molar-refractivity contribution in [3.05, 3.63) is 35.3 Å². The maximum atomic E-state index is 13.7. The average Bonchev–Trinajstić information content (AvgIpc) is 3.72. The number of fused-ring (bicyclic) bond motifs is 5. The smallest absolute Gasteiger partial charge is 0.386 e. The fourth-order valence-corrected chi connectivity index (χ4v) is 9.30. The van der Waals surface area contributed by atoms with E-state index in [1.54, 1.807) is 23.8 Å². The first-order valence-electron chi connectivity index (χ1n) is 13.8. The van der Waals surface area contributed by atoms with Crippen molar-refractivity contribution in [2.24, 2.45) is 11.8 Å². The van der Waals surface area contributed by atoms with E-state index in [2.05, 4.69) is 49.4 Å². The summed E-state index contributed by atoms with van der Waals surface area (Å²) >= 11 is 8.45. The van der Waals surface area contributed by atoms with Crippen LogP contribution in [0.1, 0.15) is 25.6 Å². The number of anilines is 2. The van der Waals surface area contributed by atoms with E-state index in [-0.39, 0.29) is 42.6 Å². The van der Waals surface area contributed by atoms with E-state index in [9.17, 15) is 19.0 Å². The number of hydrogen-bond acceptors (Lipinski definition) is 15. The minimum atomic E-state index is -4.12. The molecule has 3 aliphatic rings. The van der Waals surface area contributed by atoms with E-state index in [4.69, 9.17) is 34.3 Å². The van der Waals surface area contributed by atoms with E-state index >= 15 is 0 Å². The molecule has 0 radical (unpaired) electrons. The summed E-state index contributed by atoms with van der Waals surface area (Å²) in [5.41, 5.74) is 11.8. The second-order valence-electron chi connectivity index (χ2n) is 11.1. The lowest BCUT2D eigenvalue weighted by Crippen LogP contribution is -2.33. The van der Waals surface area contributed by atoms with E-state index in [0.29, 0.717) is 11.0 Å². The topological polar surface area (TPSA) is 247 Å². The van der Waals surface area contributed by atoms with Gasteiger partial charge in [0.1, 0.15) is 36.1 Å². The zero-order valence-electron chi connectivity index (χ0n) is 23.4. The number of ether oxygens (including phenoxy) is 1. The van der Waals surface area contributed by atoms with Crippen LogP contribution in [0, 0.1) is 11.8 Å². The van der Waals surface area contributed by atoms with E-state index in [1.807, 2.05) is 0 Å². The third kappa shape index (κ3) is 5.60. The highest BCUT2D eigenvalue weighted by Crippen LogP contribution is 2.61. The molecule has 45 heavy (non-hydrogen) atoms. The molecule has 1 saturated carbocycles. The van der Waals surface area contributed by atoms with Crippen molar-refractivity contribution < 1.29 is 37.1 Å². The third-order valence-corrected chi connectivity index (χ3v) is 11.7. The molecule has 2 unspecified atom stereocenters. The number of nitrogens with two attached hydrogens (primary N) is 2. The standard InChI is InChI=1S/C23H29N9O9P2S2/c1-9-13-6-38-43(36,45)41-17-10(4-12(15(17)33)31-3-2-11-18(24)26-7-27-19(11)31)5-37-42(35,44)40-16(9)22(39-13)32-8-28-14-20(32)29-23(25)30-21(14)34/h2-3,7-10,12-13,15-17,22,33H,4-6H2,1H3,(H,35,44)(H,36,45)(H2,24,26,27)(H3,25,29,30,34)/t9-,10-,12-,13-,15+,16-,17-,22-,42?,43?/m1/s1. The molecule has 4 aromatic rings. The molecule has 242 valence electrons. The minimum absolute atomic E-state index is 0.00289. The number of rotatable bonds is 2. The predicted octanol–water partition coefficient (Wildman–Crippen LogP) is 2.08. The monoisotopic (exact) mass is 701 g/mol. The Labute approximate surface area is 264 Å². The van der Waals surface area contributed by atoms with Crippen molar-refractivity contribution in [2.45, 2.75) is 50.0 Å². The summed E-state index contributed by atoms with van der Waals surface area (Å²) in [6.45, 7) is -7.05. The Kier molecular flexibility index (Phi) is 7.83. The van der Waals surface area contributed by atoms with Crippen LogP contribution in [-0.2, 0) is 32.0 Å². The highest BCUT2D eigenvalue weighted by atomic mass is 32.7. The Hall–Kier alpha value is -2.51. The van der Waals surface area contributed by atoms with Gasteiger partial charge in [-0.05, 0) is 12.5 Å². The number of H-pyrrole nitrogens is 1. The Morgan fingerprint density at radius 3 is 2.56 bits per heavy atom. The summed E-state index contributed by atoms with van der Waals surface area (Å²) in [5, 5.41) is 12.0. The molecule has 7 rings (SSSR count). The molecular formula is C23H29N9O9P2S2. The average molecular weight is 702 g/mol. The van der Waals surface area contributed by atoms with Gasteiger partial charge >= 0.3 is 13.6 Å². The largest absolute Gasteiger partial charge is 0.388 e. The highest BCUT2D eigenvalue weighted by Gasteiger charge is 2.51. The normalized spacial score (nSPS) is 37.7. The van der Waals surface area contributed by atoms with E-state index < -0.39 is 67.7 Å². The zero-order chi connectivity index (χ0) is 31.8. The first-order valence-corrected chi connectivity index (χ1v) is 19.2. The molecule has 2 aliphatic heterocycles. The molecule has 1 aliphatic carbocycles. The molecule has 2 saturated heterocycles. The first-order chi connectivity index (χ1) is 21.3. The fraction of sp³-hybridized carbons (Fsp3) is 0.522. The van der Waals surface area contributed by atoms with Crippen LogP contribution < -0.4 is 17.0 Å². The van der Waals surface area contributed by atoms with Crippen LogP contribution in [0.25, 0.3) is 22.2 Å². The van der Waals surface area contributed by atoms with Gasteiger partial charge in [0.15, 0.2) is 17.4 Å². The van der Waals surface area contributed by atoms with Gasteiger partial charge in [-0.3, -0.25) is 27.9 Å². The van der Waals surface area contributed by atoms with Crippen LogP contribution in [0.5, 0.6) is 0 Å². The van der Waals surface area contributed by atoms with Crippen molar-refractivity contribution in [2.75, 3.05) is 24.7 Å². The molecule has 0 spiro atoms. The Morgan fingerprint density at radius 2 is 1.78 bits per heavy atom. The SMILES string of the molecule is C[C@H]1[C@H]2OP(=O)(S)OC[C@H]3C[C@@H](n4ccc5c(N)ncnc54)[C@H](O)[C@@H]3OP(=O)(S)OC[C@H]1O[C@H]2n1cnc2c(=O)[nH]c(N)nc21. The van der Waals surface area contributed by atoms with Crippen LogP contribution in [0.3, 0.4) is 0 Å². The maximum absolute atomic E-state index is 13.7. The molecule has 3 fully saturated rings. The molecule has 4 aromatic heterocycles. The second kappa shape index (κ2) is 11.3. The summed E-state index contributed by atoms with van der Waals surface area (Å²) in [4.78, 5) is 31.4. The summed E-state index contributed by atoms with van der Waals surface area (Å²) in [6.07, 6.45) is -0.602. The zero-order valence-corrected chi connectivity index (χ0v) is 27.0. The van der Waals surface area contributed by atoms with E-state index in [1.165, 1.54) is 17.2 Å². The van der Waals surface area contributed by atoms with Gasteiger partial charge in [-0.2, -0.15) is 4.98 Å². The molecule has 6 heterocycles. The number of aromatic nitrogens is 7. The fourth-order valence-electron chi connectivity index (χ4n) is 6.20. The van der Waals surface area contributed by atoms with Crippen LogP contribution in [0.4, 0.5) is 11.8 Å². The van der Waals surface area contributed by atoms with Crippen molar-refractivity contribution >= 4 is 72.1 Å². The molecule has 0 amide bonds. The number of thiol groups is 2. The first kappa shape index (κ1) is 31.1. The number of aromatic amines is 1. The number of hydrogen-bond donors (Lipinski definition) is 6. The maximum Gasteiger partial charge on any atom is 0.386 e. The third-order valence-electron chi connectivity index (χ3n) is 8.43. The molecule has 18 nitrogen and oxygen atoms in total. The number of aliphatic hydroxyl groups is 1. The summed E-state index contributed by atoms with van der Waals surface area (Å²) < 4.78 is 59.9. The van der Waals surface area contributed by atoms with Gasteiger partial charge in [-0.15, -0.1) is 0 Å². The Morgan fingerprint density at radius 1 is 1.04 bits per heavy atom. The van der Waals surface area contributed by atoms with Gasteiger partial charge in [-0.1, -0.05) is 31.4 Å². The molecule has 0 aromatic carbocycles. The lowest BCUT2D eigenvalue weighted by molar-refractivity contribution is -0.0494. The van der Waals surface area contributed by atoms with Gasteiger partial charge in [0.25, 0.3) is 5.56 Å². The second-order valence-corrected chi connectivity index (χ2v) is 16.9. The van der Waals surface area contributed by atoms with Gasteiger partial charge < -0.3 is 30.4 Å². The molecule has 2 bridgehead atoms. The Bertz CT molecular complexity index is 1940. The molecule has 10 atom stereocenters. The summed E-state index contributed by atoms with van der Waals surface area (Å²) in [6, 6.07) is 1.10. The molecule has 22 heteroatoms. The van der Waals surface area contributed by atoms with Crippen molar-refractivity contribution in [3.63, 3.8) is 0 Å². The Balaban J connectivity index is 1.21. The number of nitrogens with one attached hydrogen (secondary N) is 1.